The van der Waals surface area contributed by atoms with Crippen molar-refractivity contribution in [3.05, 3.63) is 206 Å². The molecule has 0 aliphatic carbocycles. The monoisotopic (exact) mass is 738 g/mol. The van der Waals surface area contributed by atoms with E-state index in [-0.39, 0.29) is 0 Å². The van der Waals surface area contributed by atoms with Crippen molar-refractivity contribution >= 4 is 43.4 Å². The number of benzene rings is 9. The number of hydrogen-bond acceptors (Lipinski definition) is 4. The maximum Gasteiger partial charge on any atom is 0.160 e. The van der Waals surface area contributed by atoms with Gasteiger partial charge in [0, 0.05) is 33.0 Å². The zero-order chi connectivity index (χ0) is 38.4. The minimum Gasteiger partial charge on any atom is -0.228 e. The average Bonchev–Trinajstić information content (AvgIpc) is 3.30. The van der Waals surface area contributed by atoms with Crippen molar-refractivity contribution in [2.24, 2.45) is 0 Å². The molecule has 2 aromatic heterocycles. The molecule has 0 atom stereocenters. The van der Waals surface area contributed by atoms with E-state index in [0.717, 1.165) is 55.4 Å². The van der Waals surface area contributed by atoms with E-state index in [0.29, 0.717) is 11.6 Å². The summed E-state index contributed by atoms with van der Waals surface area (Å²) in [7, 11) is 0. The fraction of sp³-hybridized carbons (Fsp3) is 0. The molecule has 4 heteroatoms. The summed E-state index contributed by atoms with van der Waals surface area (Å²) < 4.78 is 0. The Balaban J connectivity index is 0.921. The third-order valence-electron chi connectivity index (χ3n) is 11.1. The molecule has 2 heterocycles. The smallest absolute Gasteiger partial charge is 0.160 e. The lowest BCUT2D eigenvalue weighted by Crippen LogP contribution is -1.97. The van der Waals surface area contributed by atoms with Gasteiger partial charge in [0.15, 0.2) is 11.6 Å². The van der Waals surface area contributed by atoms with Gasteiger partial charge in [0.1, 0.15) is 0 Å². The van der Waals surface area contributed by atoms with Gasteiger partial charge in [-0.2, -0.15) is 0 Å². The molecule has 0 aliphatic heterocycles. The molecule has 0 radical (unpaired) electrons. The highest BCUT2D eigenvalue weighted by atomic mass is 14.9. The van der Waals surface area contributed by atoms with Crippen LogP contribution < -0.4 is 0 Å². The van der Waals surface area contributed by atoms with Crippen LogP contribution in [0, 0.1) is 0 Å². The van der Waals surface area contributed by atoms with Crippen LogP contribution in [0.15, 0.2) is 206 Å². The van der Waals surface area contributed by atoms with E-state index in [1.807, 2.05) is 24.3 Å². The van der Waals surface area contributed by atoms with Gasteiger partial charge < -0.3 is 0 Å². The molecule has 0 unspecified atom stereocenters. The van der Waals surface area contributed by atoms with Crippen LogP contribution >= 0.6 is 0 Å². The SMILES string of the molecule is c1ccc2cc(-c3ccc(-c4nc(-c5ccc(-c6nc(-c7ccc(-c8ccc9ccccc9c8)cc7)c7ccccc7n6)cc5)nc5ccccc45)cc3)ccc2c1. The second-order valence-corrected chi connectivity index (χ2v) is 14.7. The summed E-state index contributed by atoms with van der Waals surface area (Å²) in [6.07, 6.45) is 0. The zero-order valence-corrected chi connectivity index (χ0v) is 31.4. The standard InChI is InChI=1S/C54H34N4/c1-3-11-43-33-45(31-21-35(43)9-1)37-17-23-39(24-18-37)51-47-13-5-7-15-49(47)55-53(57-51)41-27-29-42(30-28-41)54-56-50-16-8-6-14-48(50)52(58-54)40-25-19-38(20-26-40)46-32-22-36-10-2-4-12-44(36)34-46/h1-34H. The van der Waals surface area contributed by atoms with Crippen molar-refractivity contribution in [1.82, 2.24) is 19.9 Å². The fourth-order valence-electron chi connectivity index (χ4n) is 8.00. The highest BCUT2D eigenvalue weighted by Crippen LogP contribution is 2.35. The number of aromatic nitrogens is 4. The van der Waals surface area contributed by atoms with E-state index in [9.17, 15) is 0 Å². The number of rotatable bonds is 6. The van der Waals surface area contributed by atoms with E-state index in [4.69, 9.17) is 19.9 Å². The van der Waals surface area contributed by atoms with Crippen molar-refractivity contribution in [3.8, 4) is 67.5 Å². The zero-order valence-electron chi connectivity index (χ0n) is 31.4. The summed E-state index contributed by atoms with van der Waals surface area (Å²) in [5.41, 5.74) is 12.3. The highest BCUT2D eigenvalue weighted by Gasteiger charge is 2.15. The fourth-order valence-corrected chi connectivity index (χ4v) is 8.00. The molecular weight excluding hydrogens is 705 g/mol. The Morgan fingerprint density at radius 2 is 0.552 bits per heavy atom. The van der Waals surface area contributed by atoms with Crippen LogP contribution in [-0.4, -0.2) is 19.9 Å². The molecule has 0 amide bonds. The molecule has 0 N–H and O–H groups in total. The Bertz CT molecular complexity index is 3090. The lowest BCUT2D eigenvalue weighted by molar-refractivity contribution is 1.22. The minimum absolute atomic E-state index is 0.672. The highest BCUT2D eigenvalue weighted by molar-refractivity contribution is 5.96. The van der Waals surface area contributed by atoms with Crippen LogP contribution in [0.25, 0.3) is 111 Å². The molecule has 0 aliphatic rings. The maximum absolute atomic E-state index is 5.18. The molecule has 0 fully saturated rings. The van der Waals surface area contributed by atoms with Gasteiger partial charge in [-0.15, -0.1) is 0 Å². The van der Waals surface area contributed by atoms with Gasteiger partial charge in [0.05, 0.1) is 22.4 Å². The number of nitrogens with zero attached hydrogens (tertiary/aromatic N) is 4. The molecule has 11 aromatic rings. The summed E-state index contributed by atoms with van der Waals surface area (Å²) >= 11 is 0. The van der Waals surface area contributed by atoms with Crippen LogP contribution in [0.1, 0.15) is 0 Å². The largest absolute Gasteiger partial charge is 0.228 e. The predicted octanol–water partition coefficient (Wildman–Crippen LogP) is 13.9. The van der Waals surface area contributed by atoms with Crippen molar-refractivity contribution in [2.75, 3.05) is 0 Å². The predicted molar refractivity (Wildman–Crippen MR) is 240 cm³/mol. The first kappa shape index (κ1) is 33.5. The Morgan fingerprint density at radius 1 is 0.224 bits per heavy atom. The quantitative estimate of drug-likeness (QED) is 0.170. The van der Waals surface area contributed by atoms with E-state index >= 15 is 0 Å². The topological polar surface area (TPSA) is 51.6 Å². The molecule has 11 rings (SSSR count). The average molecular weight is 739 g/mol. The minimum atomic E-state index is 0.672. The lowest BCUT2D eigenvalue weighted by Gasteiger charge is -2.12. The molecule has 9 aromatic carbocycles. The number of para-hydroxylation sites is 2. The number of fused-ring (bicyclic) bond motifs is 4. The van der Waals surface area contributed by atoms with E-state index in [1.165, 1.54) is 43.8 Å². The molecule has 4 nitrogen and oxygen atoms in total. The van der Waals surface area contributed by atoms with Gasteiger partial charge >= 0.3 is 0 Å². The van der Waals surface area contributed by atoms with Crippen LogP contribution in [0.5, 0.6) is 0 Å². The summed E-state index contributed by atoms with van der Waals surface area (Å²) in [5, 5.41) is 6.98. The first-order chi connectivity index (χ1) is 28.7. The van der Waals surface area contributed by atoms with E-state index in [1.54, 1.807) is 0 Å². The summed E-state index contributed by atoms with van der Waals surface area (Å²) in [4.78, 5) is 20.4. The summed E-state index contributed by atoms with van der Waals surface area (Å²) in [6, 6.07) is 72.3. The van der Waals surface area contributed by atoms with E-state index < -0.39 is 0 Å². The number of hydrogen-bond donors (Lipinski definition) is 0. The Morgan fingerprint density at radius 3 is 0.983 bits per heavy atom. The van der Waals surface area contributed by atoms with Gasteiger partial charge in [-0.3, -0.25) is 0 Å². The molecule has 58 heavy (non-hydrogen) atoms. The molecule has 0 bridgehead atoms. The van der Waals surface area contributed by atoms with Crippen LogP contribution in [-0.2, 0) is 0 Å². The van der Waals surface area contributed by atoms with Gasteiger partial charge in [0.2, 0.25) is 0 Å². The lowest BCUT2D eigenvalue weighted by atomic mass is 9.98. The van der Waals surface area contributed by atoms with Crippen molar-refractivity contribution < 1.29 is 0 Å². The first-order valence-corrected chi connectivity index (χ1v) is 19.5. The van der Waals surface area contributed by atoms with Crippen molar-refractivity contribution in [2.45, 2.75) is 0 Å². The molecular formula is C54H34N4. The Kier molecular flexibility index (Phi) is 8.11. The maximum atomic E-state index is 5.18. The first-order valence-electron chi connectivity index (χ1n) is 19.5. The Hall–Kier alpha value is -7.82. The second kappa shape index (κ2) is 14.0. The van der Waals surface area contributed by atoms with Gasteiger partial charge in [-0.1, -0.05) is 182 Å². The third-order valence-corrected chi connectivity index (χ3v) is 11.1. The third kappa shape index (κ3) is 6.14. The van der Waals surface area contributed by atoms with Crippen molar-refractivity contribution in [1.29, 1.82) is 0 Å². The molecule has 0 saturated heterocycles. The second-order valence-electron chi connectivity index (χ2n) is 14.7. The van der Waals surface area contributed by atoms with Gasteiger partial charge in [0.25, 0.3) is 0 Å². The van der Waals surface area contributed by atoms with Crippen LogP contribution in [0.4, 0.5) is 0 Å². The summed E-state index contributed by atoms with van der Waals surface area (Å²) in [5.74, 6) is 1.34. The van der Waals surface area contributed by atoms with Crippen LogP contribution in [0.2, 0.25) is 0 Å². The molecule has 270 valence electrons. The van der Waals surface area contributed by atoms with Gasteiger partial charge in [-0.25, -0.2) is 19.9 Å². The van der Waals surface area contributed by atoms with E-state index in [2.05, 4.69) is 182 Å². The Labute approximate surface area is 335 Å². The molecule has 0 spiro atoms. The van der Waals surface area contributed by atoms with Crippen molar-refractivity contribution in [3.63, 3.8) is 0 Å². The summed E-state index contributed by atoms with van der Waals surface area (Å²) in [6.45, 7) is 0. The normalized spacial score (nSPS) is 11.4. The molecule has 0 saturated carbocycles. The van der Waals surface area contributed by atoms with Gasteiger partial charge in [-0.05, 0) is 68.1 Å². The van der Waals surface area contributed by atoms with Crippen LogP contribution in [0.3, 0.4) is 0 Å².